The van der Waals surface area contributed by atoms with Gasteiger partial charge in [0, 0.05) is 24.2 Å². The molecular formula is C15H24N4O. The third kappa shape index (κ3) is 3.76. The largest absolute Gasteiger partial charge is 0.349 e. The Hall–Kier alpha value is -1.49. The standard InChI is InChI=1S/C15H24N4O/c1-10(2)16-15(20)13-8-11(3)17-14(18-13)12-6-5-7-19(4)9-12/h8,10,12H,5-7,9H2,1-4H3,(H,16,20). The van der Waals surface area contributed by atoms with Crippen LogP contribution >= 0.6 is 0 Å². The first kappa shape index (κ1) is 14.9. The molecule has 1 aromatic heterocycles. The van der Waals surface area contributed by atoms with Crippen LogP contribution in [0.25, 0.3) is 0 Å². The van der Waals surface area contributed by atoms with Crippen LogP contribution < -0.4 is 5.32 Å². The Balaban J connectivity index is 2.21. The molecule has 0 bridgehead atoms. The molecule has 5 heteroatoms. The maximum absolute atomic E-state index is 12.1. The van der Waals surface area contributed by atoms with Gasteiger partial charge in [-0.1, -0.05) is 0 Å². The summed E-state index contributed by atoms with van der Waals surface area (Å²) in [5.41, 5.74) is 1.34. The predicted octanol–water partition coefficient (Wildman–Crippen LogP) is 1.73. The van der Waals surface area contributed by atoms with Gasteiger partial charge in [0.1, 0.15) is 11.5 Å². The van der Waals surface area contributed by atoms with Crippen LogP contribution in [-0.2, 0) is 0 Å². The second-order valence-corrected chi connectivity index (χ2v) is 5.98. The molecule has 1 unspecified atom stereocenters. The van der Waals surface area contributed by atoms with Crippen molar-refractivity contribution in [2.24, 2.45) is 0 Å². The zero-order chi connectivity index (χ0) is 14.7. The van der Waals surface area contributed by atoms with E-state index in [0.29, 0.717) is 11.6 Å². The van der Waals surface area contributed by atoms with Crippen LogP contribution in [0.3, 0.4) is 0 Å². The summed E-state index contributed by atoms with van der Waals surface area (Å²) in [4.78, 5) is 23.4. The number of rotatable bonds is 3. The van der Waals surface area contributed by atoms with Gasteiger partial charge in [-0.05, 0) is 53.3 Å². The number of amides is 1. The third-order valence-corrected chi connectivity index (χ3v) is 3.51. The van der Waals surface area contributed by atoms with Crippen molar-refractivity contribution in [3.8, 4) is 0 Å². The molecule has 2 heterocycles. The number of hydrogen-bond donors (Lipinski definition) is 1. The SMILES string of the molecule is Cc1cc(C(=O)NC(C)C)nc(C2CCCN(C)C2)n1. The average Bonchev–Trinajstić information content (AvgIpc) is 2.37. The Morgan fingerprint density at radius 2 is 2.20 bits per heavy atom. The molecule has 1 atom stereocenters. The van der Waals surface area contributed by atoms with Crippen molar-refractivity contribution in [2.75, 3.05) is 20.1 Å². The molecule has 1 saturated heterocycles. The quantitative estimate of drug-likeness (QED) is 0.913. The fourth-order valence-electron chi connectivity index (χ4n) is 2.60. The number of aromatic nitrogens is 2. The lowest BCUT2D eigenvalue weighted by Crippen LogP contribution is -2.33. The molecule has 2 rings (SSSR count). The summed E-state index contributed by atoms with van der Waals surface area (Å²) in [5.74, 6) is 1.03. The summed E-state index contributed by atoms with van der Waals surface area (Å²) in [6, 6.07) is 1.87. The second kappa shape index (κ2) is 6.31. The maximum Gasteiger partial charge on any atom is 0.270 e. The van der Waals surface area contributed by atoms with E-state index >= 15 is 0 Å². The first-order valence-electron chi connectivity index (χ1n) is 7.30. The van der Waals surface area contributed by atoms with Crippen molar-refractivity contribution in [3.05, 3.63) is 23.3 Å². The smallest absolute Gasteiger partial charge is 0.270 e. The Kier molecular flexibility index (Phi) is 4.70. The zero-order valence-electron chi connectivity index (χ0n) is 12.8. The fraction of sp³-hybridized carbons (Fsp3) is 0.667. The minimum atomic E-state index is -0.115. The predicted molar refractivity (Wildman–Crippen MR) is 78.8 cm³/mol. The average molecular weight is 276 g/mol. The van der Waals surface area contributed by atoms with E-state index in [4.69, 9.17) is 0 Å². The van der Waals surface area contributed by atoms with Gasteiger partial charge in [-0.2, -0.15) is 0 Å². The van der Waals surface area contributed by atoms with E-state index < -0.39 is 0 Å². The van der Waals surface area contributed by atoms with Gasteiger partial charge in [0.05, 0.1) is 0 Å². The van der Waals surface area contributed by atoms with Crippen LogP contribution in [-0.4, -0.2) is 47.0 Å². The summed E-state index contributed by atoms with van der Waals surface area (Å²) in [7, 11) is 2.12. The molecule has 0 aromatic carbocycles. The highest BCUT2D eigenvalue weighted by molar-refractivity contribution is 5.92. The summed E-state index contributed by atoms with van der Waals surface area (Å²) < 4.78 is 0. The van der Waals surface area contributed by atoms with Crippen molar-refractivity contribution in [3.63, 3.8) is 0 Å². The number of likely N-dealkylation sites (tertiary alicyclic amines) is 1. The first-order chi connectivity index (χ1) is 9.45. The highest BCUT2D eigenvalue weighted by atomic mass is 16.1. The van der Waals surface area contributed by atoms with E-state index in [1.807, 2.05) is 20.8 Å². The monoisotopic (exact) mass is 276 g/mol. The van der Waals surface area contributed by atoms with Crippen LogP contribution in [0, 0.1) is 6.92 Å². The van der Waals surface area contributed by atoms with Crippen LogP contribution in [0.4, 0.5) is 0 Å². The normalized spacial score (nSPS) is 20.1. The lowest BCUT2D eigenvalue weighted by molar-refractivity contribution is 0.0937. The molecule has 5 nitrogen and oxygen atoms in total. The van der Waals surface area contributed by atoms with Crippen molar-refractivity contribution in [2.45, 2.75) is 45.6 Å². The molecule has 1 aliphatic rings. The Morgan fingerprint density at radius 3 is 2.85 bits per heavy atom. The number of aryl methyl sites for hydroxylation is 1. The van der Waals surface area contributed by atoms with Gasteiger partial charge in [-0.3, -0.25) is 4.79 Å². The van der Waals surface area contributed by atoms with Crippen LogP contribution in [0.2, 0.25) is 0 Å². The highest BCUT2D eigenvalue weighted by Gasteiger charge is 2.23. The van der Waals surface area contributed by atoms with Gasteiger partial charge in [-0.15, -0.1) is 0 Å². The van der Waals surface area contributed by atoms with Crippen LogP contribution in [0.5, 0.6) is 0 Å². The van der Waals surface area contributed by atoms with E-state index in [0.717, 1.165) is 37.4 Å². The number of hydrogen-bond acceptors (Lipinski definition) is 4. The van der Waals surface area contributed by atoms with Gasteiger partial charge in [0.2, 0.25) is 0 Å². The minimum Gasteiger partial charge on any atom is -0.349 e. The lowest BCUT2D eigenvalue weighted by Gasteiger charge is -2.28. The molecule has 1 aromatic rings. The number of nitrogens with zero attached hydrogens (tertiary/aromatic N) is 3. The third-order valence-electron chi connectivity index (χ3n) is 3.51. The molecule has 0 saturated carbocycles. The zero-order valence-corrected chi connectivity index (χ0v) is 12.8. The van der Waals surface area contributed by atoms with Crippen molar-refractivity contribution < 1.29 is 4.79 Å². The lowest BCUT2D eigenvalue weighted by atomic mass is 9.97. The molecule has 0 radical (unpaired) electrons. The molecule has 1 fully saturated rings. The molecular weight excluding hydrogens is 252 g/mol. The number of likely N-dealkylation sites (N-methyl/N-ethyl adjacent to an activating group) is 1. The Morgan fingerprint density at radius 1 is 1.45 bits per heavy atom. The van der Waals surface area contributed by atoms with E-state index in [9.17, 15) is 4.79 Å². The first-order valence-corrected chi connectivity index (χ1v) is 7.30. The molecule has 1 N–H and O–H groups in total. The topological polar surface area (TPSA) is 58.1 Å². The maximum atomic E-state index is 12.1. The van der Waals surface area contributed by atoms with Crippen molar-refractivity contribution >= 4 is 5.91 Å². The van der Waals surface area contributed by atoms with E-state index in [1.165, 1.54) is 0 Å². The molecule has 20 heavy (non-hydrogen) atoms. The summed E-state index contributed by atoms with van der Waals surface area (Å²) in [5, 5.41) is 2.89. The van der Waals surface area contributed by atoms with Crippen LogP contribution in [0.1, 0.15) is 54.6 Å². The number of carbonyl (C=O) groups excluding carboxylic acids is 1. The Labute approximate surface area is 120 Å². The van der Waals surface area contributed by atoms with Crippen molar-refractivity contribution in [1.82, 2.24) is 20.2 Å². The minimum absolute atomic E-state index is 0.113. The summed E-state index contributed by atoms with van der Waals surface area (Å²) in [6.07, 6.45) is 2.25. The van der Waals surface area contributed by atoms with E-state index in [2.05, 4.69) is 27.2 Å². The van der Waals surface area contributed by atoms with Crippen molar-refractivity contribution in [1.29, 1.82) is 0 Å². The van der Waals surface area contributed by atoms with Gasteiger partial charge in [0.25, 0.3) is 5.91 Å². The second-order valence-electron chi connectivity index (χ2n) is 5.98. The van der Waals surface area contributed by atoms with Gasteiger partial charge >= 0.3 is 0 Å². The Bertz CT molecular complexity index is 487. The molecule has 0 aliphatic carbocycles. The molecule has 1 amide bonds. The number of nitrogens with one attached hydrogen (secondary N) is 1. The summed E-state index contributed by atoms with van der Waals surface area (Å²) >= 11 is 0. The number of piperidine rings is 1. The highest BCUT2D eigenvalue weighted by Crippen LogP contribution is 2.23. The number of carbonyl (C=O) groups is 1. The van der Waals surface area contributed by atoms with Gasteiger partial charge in [-0.25, -0.2) is 9.97 Å². The molecule has 1 aliphatic heterocycles. The molecule has 0 spiro atoms. The summed E-state index contributed by atoms with van der Waals surface area (Å²) in [6.45, 7) is 7.91. The van der Waals surface area contributed by atoms with Gasteiger partial charge in [0.15, 0.2) is 0 Å². The molecule has 110 valence electrons. The van der Waals surface area contributed by atoms with Gasteiger partial charge < -0.3 is 10.2 Å². The van der Waals surface area contributed by atoms with E-state index in [-0.39, 0.29) is 11.9 Å². The van der Waals surface area contributed by atoms with E-state index in [1.54, 1.807) is 6.07 Å². The fourth-order valence-corrected chi connectivity index (χ4v) is 2.60. The van der Waals surface area contributed by atoms with Crippen LogP contribution in [0.15, 0.2) is 6.07 Å².